The number of rotatable bonds is 16. The van der Waals surface area contributed by atoms with Crippen LogP contribution in [0.15, 0.2) is 64.3 Å². The molecule has 0 aliphatic rings. The van der Waals surface area contributed by atoms with E-state index in [4.69, 9.17) is 14.2 Å². The molecular weight excluding hydrogens is 596 g/mol. The second kappa shape index (κ2) is 14.7. The number of aryl methyl sites for hydroxylation is 2. The Balaban J connectivity index is 0.00000576. The molecule has 45 heavy (non-hydrogen) atoms. The molecule has 1 heterocycles. The van der Waals surface area contributed by atoms with Gasteiger partial charge in [-0.2, -0.15) is 0 Å². The van der Waals surface area contributed by atoms with Gasteiger partial charge in [-0.25, -0.2) is 13.2 Å². The molecule has 244 valence electrons. The first-order chi connectivity index (χ1) is 21.4. The molecule has 4 aromatic rings. The Labute approximate surface area is 265 Å². The lowest BCUT2D eigenvalue weighted by atomic mass is 10.1. The maximum absolute atomic E-state index is 13.6. The summed E-state index contributed by atoms with van der Waals surface area (Å²) in [5, 5.41) is 0. The molecule has 1 aromatic heterocycles. The highest BCUT2D eigenvalue weighted by molar-refractivity contribution is 7.92. The number of aromatic nitrogens is 2. The standard InChI is InChI=1S/C33H42N4O7S.H2/c1-7-15-42-24-18-25(43-16-10-9-14-35(3)4)20-26(19-24)44-32-22-30-29(36(5)33(39)37(30)6)21-28(32)34-45(40,41)27-13-11-12-23(17-27)31(38)8-2;/h11-13,17-22,34H,7-10,14-16H2,1-6H3;1H. The lowest BCUT2D eigenvalue weighted by Gasteiger charge is -2.17. The van der Waals surface area contributed by atoms with Gasteiger partial charge in [0.15, 0.2) is 11.5 Å². The largest absolute Gasteiger partial charge is 0.493 e. The van der Waals surface area contributed by atoms with Crippen molar-refractivity contribution >= 4 is 32.5 Å². The molecule has 3 aromatic carbocycles. The Bertz CT molecular complexity index is 1830. The van der Waals surface area contributed by atoms with E-state index in [9.17, 15) is 18.0 Å². The predicted molar refractivity (Wildman–Crippen MR) is 178 cm³/mol. The third-order valence-electron chi connectivity index (χ3n) is 7.23. The van der Waals surface area contributed by atoms with Crippen LogP contribution in [0.1, 0.15) is 51.3 Å². The number of imidazole rings is 1. The van der Waals surface area contributed by atoms with Crippen LogP contribution in [0.4, 0.5) is 5.69 Å². The first kappa shape index (κ1) is 33.6. The number of carbonyl (C=O) groups is 1. The van der Waals surface area contributed by atoms with Crippen LogP contribution in [0.5, 0.6) is 23.0 Å². The third-order valence-corrected chi connectivity index (χ3v) is 8.59. The second-order valence-electron chi connectivity index (χ2n) is 11.1. The van der Waals surface area contributed by atoms with Crippen LogP contribution in [0.3, 0.4) is 0 Å². The average Bonchev–Trinajstić information content (AvgIpc) is 3.22. The summed E-state index contributed by atoms with van der Waals surface area (Å²) in [6, 6.07) is 14.3. The first-order valence-electron chi connectivity index (χ1n) is 15.0. The van der Waals surface area contributed by atoms with Gasteiger partial charge in [0.25, 0.3) is 10.0 Å². The second-order valence-corrected chi connectivity index (χ2v) is 12.8. The van der Waals surface area contributed by atoms with E-state index in [-0.39, 0.29) is 35.7 Å². The normalized spacial score (nSPS) is 11.6. The van der Waals surface area contributed by atoms with Gasteiger partial charge in [0.1, 0.15) is 17.2 Å². The van der Waals surface area contributed by atoms with Gasteiger partial charge in [-0.05, 0) is 58.1 Å². The Morgan fingerprint density at radius 3 is 2.18 bits per heavy atom. The number of Topliss-reactive ketones (excluding diaryl/α,β-unsaturated/α-hetero) is 1. The maximum Gasteiger partial charge on any atom is 0.328 e. The zero-order valence-electron chi connectivity index (χ0n) is 26.8. The number of hydrogen-bond donors (Lipinski definition) is 1. The molecular formula is C33H44N4O7S. The Hall–Kier alpha value is -4.29. The Morgan fingerprint density at radius 1 is 0.889 bits per heavy atom. The van der Waals surface area contributed by atoms with E-state index in [0.717, 1.165) is 25.8 Å². The lowest BCUT2D eigenvalue weighted by molar-refractivity contribution is 0.0988. The summed E-state index contributed by atoms with van der Waals surface area (Å²) in [7, 11) is 3.15. The molecule has 11 nitrogen and oxygen atoms in total. The molecule has 0 bridgehead atoms. The van der Waals surface area contributed by atoms with Crippen molar-refractivity contribution in [3.8, 4) is 23.0 Å². The highest BCUT2D eigenvalue weighted by Gasteiger charge is 2.22. The Morgan fingerprint density at radius 2 is 1.53 bits per heavy atom. The zero-order chi connectivity index (χ0) is 32.7. The number of ketones is 1. The van der Waals surface area contributed by atoms with E-state index in [1.165, 1.54) is 27.3 Å². The molecule has 0 aliphatic carbocycles. The monoisotopic (exact) mass is 640 g/mol. The molecule has 12 heteroatoms. The fourth-order valence-corrected chi connectivity index (χ4v) is 5.88. The molecule has 0 saturated heterocycles. The summed E-state index contributed by atoms with van der Waals surface area (Å²) in [6.45, 7) is 5.68. The van der Waals surface area contributed by atoms with Gasteiger partial charge in [0, 0.05) is 51.8 Å². The number of hydrogen-bond acceptors (Lipinski definition) is 8. The summed E-state index contributed by atoms with van der Waals surface area (Å²) in [6.07, 6.45) is 2.90. The molecule has 0 amide bonds. The number of nitrogens with zero attached hydrogens (tertiary/aromatic N) is 3. The van der Waals surface area contributed by atoms with Gasteiger partial charge in [0.2, 0.25) is 0 Å². The van der Waals surface area contributed by atoms with Crippen LogP contribution in [0.2, 0.25) is 0 Å². The summed E-state index contributed by atoms with van der Waals surface area (Å²) in [4.78, 5) is 27.1. The summed E-state index contributed by atoms with van der Waals surface area (Å²) < 4.78 is 51.0. The Kier molecular flexibility index (Phi) is 10.9. The minimum Gasteiger partial charge on any atom is -0.493 e. The molecule has 4 rings (SSSR count). The number of fused-ring (bicyclic) bond motifs is 1. The molecule has 0 spiro atoms. The van der Waals surface area contributed by atoms with Gasteiger partial charge in [0.05, 0.1) is 34.8 Å². The van der Waals surface area contributed by atoms with E-state index in [1.54, 1.807) is 57.4 Å². The van der Waals surface area contributed by atoms with Gasteiger partial charge < -0.3 is 19.1 Å². The number of benzene rings is 3. The van der Waals surface area contributed by atoms with Gasteiger partial charge in [-0.15, -0.1) is 0 Å². The lowest BCUT2D eigenvalue weighted by Crippen LogP contribution is -2.19. The van der Waals surface area contributed by atoms with Crippen molar-refractivity contribution < 1.29 is 28.8 Å². The fraction of sp³-hybridized carbons (Fsp3) is 0.394. The number of anilines is 1. The van der Waals surface area contributed by atoms with Crippen LogP contribution >= 0.6 is 0 Å². The first-order valence-corrected chi connectivity index (χ1v) is 16.5. The van der Waals surface area contributed by atoms with E-state index in [1.807, 2.05) is 21.0 Å². The highest BCUT2D eigenvalue weighted by atomic mass is 32.2. The SMILES string of the molecule is CCCOc1cc(OCCCCN(C)C)cc(Oc2cc3c(cc2NS(=O)(=O)c2cccc(C(=O)CC)c2)n(C)c(=O)n3C)c1.[HH]. The average molecular weight is 641 g/mol. The minimum atomic E-state index is -4.16. The van der Waals surface area contributed by atoms with Crippen LogP contribution in [0.25, 0.3) is 11.0 Å². The van der Waals surface area contributed by atoms with E-state index in [0.29, 0.717) is 47.1 Å². The number of carbonyl (C=O) groups excluding carboxylic acids is 1. The smallest absolute Gasteiger partial charge is 0.328 e. The van der Waals surface area contributed by atoms with E-state index in [2.05, 4.69) is 9.62 Å². The van der Waals surface area contributed by atoms with Crippen LogP contribution in [-0.4, -0.2) is 62.1 Å². The van der Waals surface area contributed by atoms with Crippen molar-refractivity contribution in [1.82, 2.24) is 14.0 Å². The van der Waals surface area contributed by atoms with Crippen molar-refractivity contribution in [1.29, 1.82) is 0 Å². The number of unbranched alkanes of at least 4 members (excludes halogenated alkanes) is 1. The molecule has 0 unspecified atom stereocenters. The summed E-state index contributed by atoms with van der Waals surface area (Å²) >= 11 is 0. The van der Waals surface area contributed by atoms with Crippen LogP contribution < -0.4 is 24.6 Å². The number of sulfonamides is 1. The fourth-order valence-electron chi connectivity index (χ4n) is 4.77. The number of nitrogens with one attached hydrogen (secondary N) is 1. The van der Waals surface area contributed by atoms with Crippen molar-refractivity contribution in [3.05, 3.63) is 70.6 Å². The summed E-state index contributed by atoms with van der Waals surface area (Å²) in [5.41, 5.74) is 1.19. The van der Waals surface area contributed by atoms with E-state index < -0.39 is 10.0 Å². The summed E-state index contributed by atoms with van der Waals surface area (Å²) in [5.74, 6) is 1.46. The molecule has 0 saturated carbocycles. The molecule has 0 atom stereocenters. The topological polar surface area (TPSA) is 121 Å². The minimum absolute atomic E-state index is 0. The van der Waals surface area contributed by atoms with Gasteiger partial charge in [-0.1, -0.05) is 26.0 Å². The third kappa shape index (κ3) is 8.25. The number of ether oxygens (including phenoxy) is 3. The predicted octanol–water partition coefficient (Wildman–Crippen LogP) is 5.82. The van der Waals surface area contributed by atoms with Crippen molar-refractivity contribution in [2.24, 2.45) is 14.1 Å². The molecule has 0 radical (unpaired) electrons. The van der Waals surface area contributed by atoms with Crippen LogP contribution in [-0.2, 0) is 24.1 Å². The van der Waals surface area contributed by atoms with Gasteiger partial charge in [-0.3, -0.25) is 18.7 Å². The molecule has 1 N–H and O–H groups in total. The van der Waals surface area contributed by atoms with Gasteiger partial charge >= 0.3 is 5.69 Å². The quantitative estimate of drug-likeness (QED) is 0.120. The van der Waals surface area contributed by atoms with Crippen molar-refractivity contribution in [2.75, 3.05) is 38.6 Å². The zero-order valence-corrected chi connectivity index (χ0v) is 27.6. The molecule has 0 aliphatic heterocycles. The van der Waals surface area contributed by atoms with E-state index >= 15 is 0 Å². The van der Waals surface area contributed by atoms with Crippen molar-refractivity contribution in [3.63, 3.8) is 0 Å². The van der Waals surface area contributed by atoms with Crippen molar-refractivity contribution in [2.45, 2.75) is 44.4 Å². The van der Waals surface area contributed by atoms with Crippen LogP contribution in [0, 0.1) is 0 Å². The molecule has 0 fully saturated rings. The highest BCUT2D eigenvalue weighted by Crippen LogP contribution is 2.38. The maximum atomic E-state index is 13.6.